The van der Waals surface area contributed by atoms with Gasteiger partial charge in [0.15, 0.2) is 5.82 Å². The molecule has 61 heavy (non-hydrogen) atoms. The van der Waals surface area contributed by atoms with Gasteiger partial charge in [-0.05, 0) is 67.5 Å². The maximum absolute atomic E-state index is 14.5. The van der Waals surface area contributed by atoms with Crippen molar-refractivity contribution < 1.29 is 52.1 Å². The van der Waals surface area contributed by atoms with Gasteiger partial charge in [-0.25, -0.2) is 23.7 Å². The van der Waals surface area contributed by atoms with E-state index in [1.807, 2.05) is 58.0 Å². The number of nitrogens with one attached hydrogen (secondary N) is 2. The fraction of sp³-hybridized carbons (Fsp3) is 0.512. The van der Waals surface area contributed by atoms with Crippen molar-refractivity contribution >= 4 is 37.1 Å². The highest BCUT2D eigenvalue weighted by Gasteiger charge is 2.47. The summed E-state index contributed by atoms with van der Waals surface area (Å²) < 4.78 is 50.8. The van der Waals surface area contributed by atoms with E-state index in [2.05, 4.69) is 20.5 Å². The van der Waals surface area contributed by atoms with Crippen molar-refractivity contribution in [3.63, 3.8) is 0 Å². The van der Waals surface area contributed by atoms with Crippen molar-refractivity contribution in [2.24, 2.45) is 11.8 Å². The second-order valence-corrected chi connectivity index (χ2v) is 17.5. The molecule has 5 rings (SSSR count). The van der Waals surface area contributed by atoms with Gasteiger partial charge in [-0.1, -0.05) is 83.0 Å². The summed E-state index contributed by atoms with van der Waals surface area (Å²) in [6, 6.07) is 16.8. The van der Waals surface area contributed by atoms with E-state index in [1.165, 1.54) is 25.4 Å². The highest BCUT2D eigenvalue weighted by Crippen LogP contribution is 2.47. The third-order valence-electron chi connectivity index (χ3n) is 10.5. The molecule has 6 atom stereocenters. The van der Waals surface area contributed by atoms with Crippen LogP contribution in [0.25, 0.3) is 5.52 Å². The fourth-order valence-corrected chi connectivity index (χ4v) is 8.21. The molecule has 1 amide bonds. The third-order valence-corrected chi connectivity index (χ3v) is 12.2. The quantitative estimate of drug-likeness (QED) is 0.0388. The van der Waals surface area contributed by atoms with Crippen LogP contribution >= 0.6 is 7.75 Å². The zero-order valence-electron chi connectivity index (χ0n) is 35.7. The summed E-state index contributed by atoms with van der Waals surface area (Å²) in [6.07, 6.45) is 1.02. The number of nitrogens with zero attached hydrogens (tertiary/aromatic N) is 3. The van der Waals surface area contributed by atoms with E-state index in [1.54, 1.807) is 35.7 Å². The van der Waals surface area contributed by atoms with Crippen molar-refractivity contribution in [3.05, 3.63) is 89.9 Å². The minimum Gasteiger partial charge on any atom is -0.464 e. The number of aromatic nitrogens is 3. The van der Waals surface area contributed by atoms with Gasteiger partial charge in [0.1, 0.15) is 48.0 Å². The Morgan fingerprint density at radius 1 is 0.984 bits per heavy atom. The zero-order chi connectivity index (χ0) is 44.2. The molecule has 2 aromatic carbocycles. The number of hydrogen-bond donors (Lipinski definition) is 4. The Balaban J connectivity index is 1.30. The van der Waals surface area contributed by atoms with Gasteiger partial charge in [0.2, 0.25) is 0 Å². The molecule has 1 aliphatic heterocycles. The summed E-state index contributed by atoms with van der Waals surface area (Å²) in [4.78, 5) is 43.1. The predicted octanol–water partition coefficient (Wildman–Crippen LogP) is 6.26. The van der Waals surface area contributed by atoms with Gasteiger partial charge in [0.25, 0.3) is 0 Å². The van der Waals surface area contributed by atoms with Crippen molar-refractivity contribution in [1.29, 1.82) is 0 Å². The largest absolute Gasteiger partial charge is 0.464 e. The topological polar surface area (TPSA) is 224 Å². The average Bonchev–Trinajstić information content (AvgIpc) is 3.81. The van der Waals surface area contributed by atoms with Crippen LogP contribution in [0.4, 0.5) is 10.6 Å². The third kappa shape index (κ3) is 13.2. The maximum Gasteiger partial charge on any atom is 0.459 e. The Hall–Kier alpha value is -5.06. The Morgan fingerprint density at radius 3 is 2.39 bits per heavy atom. The van der Waals surface area contributed by atoms with E-state index in [9.17, 15) is 24.1 Å². The molecule has 1 fully saturated rings. The Bertz CT molecular complexity index is 2100. The SMILES string of the molecule is CCC(CC)COC(=O)[C@H](C)NP(=O)(OC[C@H]1O[C@@](C)(c2ccc3c(N)ncnn23)C[C@@H]1O)Oc1ccc(C[C@H](NC(=O)OCc2ccccc2)C(=O)OCCC(C)C)cc1. The number of aliphatic hydroxyl groups excluding tert-OH is 1. The fourth-order valence-electron chi connectivity index (χ4n) is 6.71. The van der Waals surface area contributed by atoms with Crippen molar-refractivity contribution in [1.82, 2.24) is 25.0 Å². The van der Waals surface area contributed by atoms with Crippen LogP contribution in [-0.4, -0.2) is 81.8 Å². The van der Waals surface area contributed by atoms with Crippen LogP contribution in [0.15, 0.2) is 73.1 Å². The number of nitrogens with two attached hydrogens (primary N) is 1. The van der Waals surface area contributed by atoms with E-state index in [0.29, 0.717) is 29.1 Å². The van der Waals surface area contributed by atoms with E-state index in [4.69, 9.17) is 33.7 Å². The number of nitrogen functional groups attached to an aromatic ring is 1. The monoisotopic (exact) mass is 866 g/mol. The molecule has 0 aliphatic carbocycles. The molecule has 5 N–H and O–H groups in total. The average molecular weight is 867 g/mol. The van der Waals surface area contributed by atoms with Crippen LogP contribution < -0.4 is 20.7 Å². The Labute approximate surface area is 356 Å². The van der Waals surface area contributed by atoms with E-state index in [0.717, 1.165) is 18.4 Å². The summed E-state index contributed by atoms with van der Waals surface area (Å²) in [6.45, 7) is 11.3. The number of alkyl carbamates (subject to hydrolysis) is 1. The number of anilines is 1. The first kappa shape index (κ1) is 47.0. The number of benzene rings is 2. The van der Waals surface area contributed by atoms with E-state index in [-0.39, 0.29) is 56.8 Å². The first-order valence-electron chi connectivity index (χ1n) is 20.7. The molecule has 17 nitrogen and oxygen atoms in total. The maximum atomic E-state index is 14.5. The molecule has 3 heterocycles. The molecule has 0 bridgehead atoms. The molecule has 0 spiro atoms. The molecular formula is C43H59N6O11P. The van der Waals surface area contributed by atoms with Gasteiger partial charge >= 0.3 is 25.8 Å². The molecule has 2 aromatic heterocycles. The first-order chi connectivity index (χ1) is 29.1. The molecule has 18 heteroatoms. The van der Waals surface area contributed by atoms with Crippen LogP contribution in [0.2, 0.25) is 0 Å². The zero-order valence-corrected chi connectivity index (χ0v) is 36.5. The standard InChI is InChI=1S/C43H59N6O11P/c1-7-30(8-2)24-56-40(51)29(5)48-61(54,58-26-37-36(50)23-43(6,59-37)38-19-18-35-39(44)45-27-46-49(35)38)60-33-16-14-31(15-17-33)22-34(41(52)55-21-20-28(3)4)47-42(53)57-25-32-12-10-9-11-13-32/h9-19,27-30,34,36-37,50H,7-8,20-26H2,1-6H3,(H,47,53)(H,48,54)(H2,44,45,46)/t29-,34-,36-,37+,43+,61?/m0/s1. The molecular weight excluding hydrogens is 807 g/mol. The number of hydrogen-bond acceptors (Lipinski definition) is 14. The van der Waals surface area contributed by atoms with Crippen LogP contribution in [0, 0.1) is 11.8 Å². The van der Waals surface area contributed by atoms with Crippen LogP contribution in [0.1, 0.15) is 84.0 Å². The van der Waals surface area contributed by atoms with E-state index < -0.39 is 55.7 Å². The number of aliphatic hydroxyl groups is 1. The number of rotatable bonds is 22. The number of fused-ring (bicyclic) bond motifs is 1. The Kier molecular flexibility index (Phi) is 16.7. The van der Waals surface area contributed by atoms with Gasteiger partial charge in [-0.3, -0.25) is 9.32 Å². The number of amides is 1. The summed E-state index contributed by atoms with van der Waals surface area (Å²) in [5.74, 6) is -0.429. The molecule has 0 radical (unpaired) electrons. The van der Waals surface area contributed by atoms with Crippen LogP contribution in [0.5, 0.6) is 5.75 Å². The van der Waals surface area contributed by atoms with Crippen molar-refractivity contribution in [2.45, 2.75) is 110 Å². The first-order valence-corrected chi connectivity index (χ1v) is 22.2. The smallest absolute Gasteiger partial charge is 0.459 e. The highest BCUT2D eigenvalue weighted by atomic mass is 31.2. The number of carbonyl (C=O) groups excluding carboxylic acids is 3. The molecule has 0 saturated carbocycles. The number of carbonyl (C=O) groups is 3. The van der Waals surface area contributed by atoms with Gasteiger partial charge in [0, 0.05) is 12.8 Å². The highest BCUT2D eigenvalue weighted by molar-refractivity contribution is 7.52. The summed E-state index contributed by atoms with van der Waals surface area (Å²) in [5.41, 5.74) is 7.59. The second-order valence-electron chi connectivity index (χ2n) is 15.8. The molecule has 1 saturated heterocycles. The lowest BCUT2D eigenvalue weighted by molar-refractivity contribution is -0.147. The number of ether oxygens (including phenoxy) is 4. The minimum absolute atomic E-state index is 0.0127. The summed E-state index contributed by atoms with van der Waals surface area (Å²) in [7, 11) is -4.40. The summed E-state index contributed by atoms with van der Waals surface area (Å²) in [5, 5.41) is 20.8. The Morgan fingerprint density at radius 2 is 1.70 bits per heavy atom. The number of esters is 2. The van der Waals surface area contributed by atoms with Gasteiger partial charge in [-0.15, -0.1) is 0 Å². The van der Waals surface area contributed by atoms with E-state index >= 15 is 0 Å². The molecule has 1 aliphatic rings. The van der Waals surface area contributed by atoms with Crippen molar-refractivity contribution in [3.8, 4) is 5.75 Å². The summed E-state index contributed by atoms with van der Waals surface area (Å²) >= 11 is 0. The normalized spacial score (nSPS) is 19.6. The van der Waals surface area contributed by atoms with Gasteiger partial charge < -0.3 is 39.6 Å². The lowest BCUT2D eigenvalue weighted by Gasteiger charge is -2.26. The van der Waals surface area contributed by atoms with Gasteiger partial charge in [0.05, 0.1) is 31.6 Å². The second kappa shape index (κ2) is 21.6. The lowest BCUT2D eigenvalue weighted by Crippen LogP contribution is -2.43. The lowest BCUT2D eigenvalue weighted by atomic mass is 9.97. The van der Waals surface area contributed by atoms with Crippen LogP contribution in [0.3, 0.4) is 0 Å². The van der Waals surface area contributed by atoms with Gasteiger partial charge in [-0.2, -0.15) is 10.2 Å². The molecule has 332 valence electrons. The molecule has 1 unspecified atom stereocenters. The predicted molar refractivity (Wildman–Crippen MR) is 226 cm³/mol. The van der Waals surface area contributed by atoms with Crippen molar-refractivity contribution in [2.75, 3.05) is 25.6 Å². The molecule has 4 aromatic rings. The van der Waals surface area contributed by atoms with Crippen LogP contribution in [-0.2, 0) is 56.3 Å². The minimum atomic E-state index is -4.40.